The van der Waals surface area contributed by atoms with E-state index < -0.39 is 15.8 Å². The van der Waals surface area contributed by atoms with E-state index in [-0.39, 0.29) is 15.8 Å². The Morgan fingerprint density at radius 2 is 1.97 bits per heavy atom. The monoisotopic (exact) mass is 464 g/mol. The Balaban J connectivity index is 1.64. The number of sulfonamides is 1. The fraction of sp³-hybridized carbons (Fsp3) is 0.0526. The molecule has 4 rings (SSSR count). The molecule has 2 heterocycles. The average Bonchev–Trinajstić information content (AvgIpc) is 3.36. The van der Waals surface area contributed by atoms with Gasteiger partial charge in [0.2, 0.25) is 0 Å². The molecule has 154 valence electrons. The number of benzene rings is 2. The van der Waals surface area contributed by atoms with Crippen molar-refractivity contribution in [2.75, 3.05) is 4.72 Å². The molecule has 2 aromatic heterocycles. The van der Waals surface area contributed by atoms with Crippen molar-refractivity contribution in [3.63, 3.8) is 0 Å². The Morgan fingerprint density at radius 3 is 2.63 bits per heavy atom. The Kier molecular flexibility index (Phi) is 5.46. The van der Waals surface area contributed by atoms with Crippen LogP contribution >= 0.6 is 22.9 Å². The van der Waals surface area contributed by atoms with E-state index >= 15 is 0 Å². The van der Waals surface area contributed by atoms with Crippen LogP contribution in [0.1, 0.15) is 0 Å². The molecule has 0 fully saturated rings. The number of nitrogens with zero attached hydrogens (tertiary/aromatic N) is 3. The van der Waals surface area contributed by atoms with E-state index in [9.17, 15) is 12.8 Å². The molecule has 11 heteroatoms. The summed E-state index contributed by atoms with van der Waals surface area (Å²) in [5.41, 5.74) is 1.17. The molecule has 0 aliphatic rings. The maximum atomic E-state index is 14.7. The first-order valence-electron chi connectivity index (χ1n) is 8.51. The molecular formula is C19H14ClFN4O3S2. The van der Waals surface area contributed by atoms with Crippen LogP contribution in [0.4, 0.5) is 9.52 Å². The third-order valence-electron chi connectivity index (χ3n) is 4.02. The predicted molar refractivity (Wildman–Crippen MR) is 113 cm³/mol. The minimum atomic E-state index is -3.98. The third-order valence-corrected chi connectivity index (χ3v) is 6.41. The lowest BCUT2D eigenvalue weighted by molar-refractivity contribution is 0.442. The van der Waals surface area contributed by atoms with E-state index in [4.69, 9.17) is 16.3 Å². The maximum absolute atomic E-state index is 14.7. The van der Waals surface area contributed by atoms with Gasteiger partial charge < -0.3 is 4.74 Å². The quantitative estimate of drug-likeness (QED) is 0.437. The van der Waals surface area contributed by atoms with Crippen molar-refractivity contribution >= 4 is 38.1 Å². The van der Waals surface area contributed by atoms with Gasteiger partial charge in [-0.1, -0.05) is 11.6 Å². The summed E-state index contributed by atoms with van der Waals surface area (Å²) >= 11 is 7.21. The fourth-order valence-corrected chi connectivity index (χ4v) is 4.62. The molecule has 0 atom stereocenters. The minimum absolute atomic E-state index is 0.136. The smallest absolute Gasteiger partial charge is 0.263 e. The molecule has 4 aromatic rings. The van der Waals surface area contributed by atoms with Gasteiger partial charge in [-0.15, -0.1) is 11.3 Å². The van der Waals surface area contributed by atoms with Gasteiger partial charge in [-0.3, -0.25) is 9.40 Å². The minimum Gasteiger partial charge on any atom is -0.454 e. The van der Waals surface area contributed by atoms with Crippen molar-refractivity contribution in [1.82, 2.24) is 14.8 Å². The van der Waals surface area contributed by atoms with Crippen LogP contribution < -0.4 is 9.46 Å². The van der Waals surface area contributed by atoms with Crippen LogP contribution in [0.3, 0.4) is 0 Å². The number of hydrogen-bond acceptors (Lipinski definition) is 6. The van der Waals surface area contributed by atoms with Crippen LogP contribution in [-0.2, 0) is 17.1 Å². The van der Waals surface area contributed by atoms with Crippen LogP contribution in [0, 0.1) is 5.82 Å². The molecule has 0 radical (unpaired) electrons. The second kappa shape index (κ2) is 8.05. The highest BCUT2D eigenvalue weighted by atomic mass is 35.5. The topological polar surface area (TPSA) is 86.1 Å². The zero-order valence-electron chi connectivity index (χ0n) is 15.4. The lowest BCUT2D eigenvalue weighted by Gasteiger charge is -2.12. The van der Waals surface area contributed by atoms with Gasteiger partial charge in [-0.25, -0.2) is 17.8 Å². The van der Waals surface area contributed by atoms with Crippen molar-refractivity contribution in [3.05, 3.63) is 71.1 Å². The standard InChI is InChI=1S/C19H14ClFN4O3S2/c1-25-8-6-16(23-25)14-10-12(20)2-4-17(14)28-18-5-3-13(11-15(18)21)30(26,27)24-19-22-7-9-29-19/h2-11H,1H3,(H,22,24). The fourth-order valence-electron chi connectivity index (χ4n) is 2.65. The van der Waals surface area contributed by atoms with E-state index in [0.717, 1.165) is 17.4 Å². The van der Waals surface area contributed by atoms with E-state index in [1.54, 1.807) is 47.6 Å². The molecule has 2 aromatic carbocycles. The second-order valence-corrected chi connectivity index (χ2v) is 9.17. The molecule has 0 unspecified atom stereocenters. The molecule has 7 nitrogen and oxygen atoms in total. The van der Waals surface area contributed by atoms with Gasteiger partial charge in [0, 0.05) is 35.4 Å². The van der Waals surface area contributed by atoms with Crippen molar-refractivity contribution in [1.29, 1.82) is 0 Å². The van der Waals surface area contributed by atoms with E-state index in [1.807, 2.05) is 0 Å². The summed E-state index contributed by atoms with van der Waals surface area (Å²) in [5, 5.41) is 6.61. The van der Waals surface area contributed by atoms with E-state index in [1.165, 1.54) is 18.3 Å². The Bertz CT molecular complexity index is 1310. The van der Waals surface area contributed by atoms with Gasteiger partial charge in [-0.05, 0) is 42.5 Å². The molecule has 0 amide bonds. The van der Waals surface area contributed by atoms with Crippen molar-refractivity contribution in [3.8, 4) is 22.8 Å². The zero-order valence-corrected chi connectivity index (χ0v) is 17.8. The number of aromatic nitrogens is 3. The number of nitrogens with one attached hydrogen (secondary N) is 1. The Morgan fingerprint density at radius 1 is 1.17 bits per heavy atom. The summed E-state index contributed by atoms with van der Waals surface area (Å²) < 4.78 is 49.2. The molecule has 30 heavy (non-hydrogen) atoms. The maximum Gasteiger partial charge on any atom is 0.263 e. The van der Waals surface area contributed by atoms with Crippen LogP contribution in [0.15, 0.2) is 65.1 Å². The number of rotatable bonds is 6. The SMILES string of the molecule is Cn1ccc(-c2cc(Cl)ccc2Oc2ccc(S(=O)(=O)Nc3nccs3)cc2F)n1. The molecule has 0 saturated heterocycles. The van der Waals surface area contributed by atoms with Crippen LogP contribution in [0.5, 0.6) is 11.5 Å². The molecule has 0 bridgehead atoms. The molecule has 0 saturated carbocycles. The van der Waals surface area contributed by atoms with E-state index in [0.29, 0.717) is 22.0 Å². The van der Waals surface area contributed by atoms with Gasteiger partial charge >= 0.3 is 0 Å². The van der Waals surface area contributed by atoms with Crippen LogP contribution in [0.25, 0.3) is 11.3 Å². The van der Waals surface area contributed by atoms with E-state index in [2.05, 4.69) is 14.8 Å². The van der Waals surface area contributed by atoms with Crippen LogP contribution in [0.2, 0.25) is 5.02 Å². The summed E-state index contributed by atoms with van der Waals surface area (Å²) in [6, 6.07) is 10.0. The van der Waals surface area contributed by atoms with Crippen molar-refractivity contribution in [2.24, 2.45) is 7.05 Å². The van der Waals surface area contributed by atoms with Gasteiger partial charge in [0.25, 0.3) is 10.0 Å². The summed E-state index contributed by atoms with van der Waals surface area (Å²) in [6.45, 7) is 0. The van der Waals surface area contributed by atoms with Crippen molar-refractivity contribution in [2.45, 2.75) is 4.90 Å². The largest absolute Gasteiger partial charge is 0.454 e. The summed E-state index contributed by atoms with van der Waals surface area (Å²) in [6.07, 6.45) is 3.22. The normalized spacial score (nSPS) is 11.4. The number of aryl methyl sites for hydroxylation is 1. The van der Waals surface area contributed by atoms with Gasteiger partial charge in [0.15, 0.2) is 16.7 Å². The van der Waals surface area contributed by atoms with Gasteiger partial charge in [0.05, 0.1) is 10.6 Å². The Hall–Kier alpha value is -2.95. The van der Waals surface area contributed by atoms with Crippen LogP contribution in [-0.4, -0.2) is 23.2 Å². The number of ether oxygens (including phenoxy) is 1. The highest BCUT2D eigenvalue weighted by Crippen LogP contribution is 2.36. The molecule has 0 aliphatic heterocycles. The second-order valence-electron chi connectivity index (χ2n) is 6.15. The lowest BCUT2D eigenvalue weighted by Crippen LogP contribution is -2.13. The highest BCUT2D eigenvalue weighted by Gasteiger charge is 2.19. The number of hydrogen-bond donors (Lipinski definition) is 1. The first kappa shape index (κ1) is 20.3. The molecule has 1 N–H and O–H groups in total. The Labute approximate surface area is 180 Å². The third kappa shape index (κ3) is 4.30. The lowest BCUT2D eigenvalue weighted by atomic mass is 10.1. The highest BCUT2D eigenvalue weighted by molar-refractivity contribution is 7.93. The summed E-state index contributed by atoms with van der Waals surface area (Å²) in [5.74, 6) is -0.643. The first-order valence-corrected chi connectivity index (χ1v) is 11.3. The number of halogens is 2. The van der Waals surface area contributed by atoms with Gasteiger partial charge in [-0.2, -0.15) is 5.10 Å². The van der Waals surface area contributed by atoms with Gasteiger partial charge in [0.1, 0.15) is 5.75 Å². The number of anilines is 1. The summed E-state index contributed by atoms with van der Waals surface area (Å²) in [4.78, 5) is 3.61. The molecule has 0 aliphatic carbocycles. The molecular weight excluding hydrogens is 451 g/mol. The first-order chi connectivity index (χ1) is 14.3. The average molecular weight is 465 g/mol. The predicted octanol–water partition coefficient (Wildman–Crippen LogP) is 4.93. The zero-order chi connectivity index (χ0) is 21.3. The summed E-state index contributed by atoms with van der Waals surface area (Å²) in [7, 11) is -2.21. The van der Waals surface area contributed by atoms with Crippen molar-refractivity contribution < 1.29 is 17.5 Å². The number of thiazole rings is 1. The molecule has 0 spiro atoms.